The lowest BCUT2D eigenvalue weighted by Gasteiger charge is -2.25. The lowest BCUT2D eigenvalue weighted by molar-refractivity contribution is -0.117. The van der Waals surface area contributed by atoms with Crippen LogP contribution in [0.2, 0.25) is 0 Å². The fourth-order valence-electron chi connectivity index (χ4n) is 3.11. The molecule has 7 nitrogen and oxygen atoms in total. The van der Waals surface area contributed by atoms with Gasteiger partial charge in [0.25, 0.3) is 0 Å². The summed E-state index contributed by atoms with van der Waals surface area (Å²) in [4.78, 5) is 31.3. The quantitative estimate of drug-likeness (QED) is 0.738. The van der Waals surface area contributed by atoms with Crippen LogP contribution in [0.1, 0.15) is 35.9 Å². The van der Waals surface area contributed by atoms with Gasteiger partial charge in [0.1, 0.15) is 0 Å². The van der Waals surface area contributed by atoms with Crippen LogP contribution in [0.3, 0.4) is 0 Å². The first-order chi connectivity index (χ1) is 13.6. The highest BCUT2D eigenvalue weighted by atomic mass is 32.1. The number of ether oxygens (including phenoxy) is 1. The van der Waals surface area contributed by atoms with E-state index in [0.29, 0.717) is 18.2 Å². The van der Waals surface area contributed by atoms with E-state index in [-0.39, 0.29) is 5.91 Å². The standard InChI is InChI=1S/C20H26N4O3S/c1-3-4-5-14-6-8-15(9-7-14)21-18(25)13-24-11-10-16-17(12-24)28-19(22-16)23-20(26)27-2/h6-9H,3-5,10-13H2,1-2H3,(H,21,25)(H,22,23,26). The molecule has 28 heavy (non-hydrogen) atoms. The Morgan fingerprint density at radius 2 is 2.04 bits per heavy atom. The van der Waals surface area contributed by atoms with Gasteiger partial charge in [-0.05, 0) is 30.5 Å². The maximum atomic E-state index is 12.4. The molecule has 3 rings (SSSR count). The van der Waals surface area contributed by atoms with Crippen molar-refractivity contribution in [2.24, 2.45) is 0 Å². The molecule has 0 bridgehead atoms. The molecule has 2 amide bonds. The van der Waals surface area contributed by atoms with E-state index in [1.165, 1.54) is 36.9 Å². The van der Waals surface area contributed by atoms with Gasteiger partial charge in [0.15, 0.2) is 5.13 Å². The Morgan fingerprint density at radius 3 is 2.75 bits per heavy atom. The number of aromatic nitrogens is 1. The summed E-state index contributed by atoms with van der Waals surface area (Å²) >= 11 is 1.43. The number of nitrogens with zero attached hydrogens (tertiary/aromatic N) is 2. The number of benzene rings is 1. The Hall–Kier alpha value is -2.45. The van der Waals surface area contributed by atoms with Crippen molar-refractivity contribution in [2.45, 2.75) is 39.2 Å². The van der Waals surface area contributed by atoms with Crippen molar-refractivity contribution in [1.82, 2.24) is 9.88 Å². The fraction of sp³-hybridized carbons (Fsp3) is 0.450. The number of fused-ring (bicyclic) bond motifs is 1. The van der Waals surface area contributed by atoms with Crippen molar-refractivity contribution < 1.29 is 14.3 Å². The predicted molar refractivity (Wildman–Crippen MR) is 111 cm³/mol. The van der Waals surface area contributed by atoms with Crippen LogP contribution in [0.4, 0.5) is 15.6 Å². The topological polar surface area (TPSA) is 83.6 Å². The number of carbonyl (C=O) groups is 2. The van der Waals surface area contributed by atoms with Gasteiger partial charge in [0.05, 0.1) is 19.3 Å². The van der Waals surface area contributed by atoms with Gasteiger partial charge in [-0.3, -0.25) is 15.0 Å². The highest BCUT2D eigenvalue weighted by Crippen LogP contribution is 2.28. The van der Waals surface area contributed by atoms with Crippen molar-refractivity contribution in [3.05, 3.63) is 40.4 Å². The molecular weight excluding hydrogens is 376 g/mol. The Morgan fingerprint density at radius 1 is 1.25 bits per heavy atom. The van der Waals surface area contributed by atoms with Crippen molar-refractivity contribution in [2.75, 3.05) is 30.8 Å². The van der Waals surface area contributed by atoms with E-state index in [0.717, 1.165) is 35.6 Å². The molecule has 1 aliphatic heterocycles. The number of anilines is 2. The molecule has 0 spiro atoms. The molecule has 0 atom stereocenters. The Labute approximate surface area is 169 Å². The van der Waals surface area contributed by atoms with Gasteiger partial charge in [-0.2, -0.15) is 0 Å². The number of amides is 2. The summed E-state index contributed by atoms with van der Waals surface area (Å²) in [6, 6.07) is 8.08. The number of thiazole rings is 1. The fourth-order valence-corrected chi connectivity index (χ4v) is 4.15. The van der Waals surface area contributed by atoms with Gasteiger partial charge in [-0.1, -0.05) is 36.8 Å². The first kappa shape index (κ1) is 20.3. The zero-order chi connectivity index (χ0) is 19.9. The molecule has 0 aliphatic carbocycles. The average molecular weight is 403 g/mol. The number of aryl methyl sites for hydroxylation is 1. The molecule has 1 aromatic heterocycles. The number of methoxy groups -OCH3 is 1. The minimum Gasteiger partial charge on any atom is -0.453 e. The van der Waals surface area contributed by atoms with E-state index in [1.807, 2.05) is 12.1 Å². The third kappa shape index (κ3) is 5.53. The molecule has 2 heterocycles. The van der Waals surface area contributed by atoms with Crippen molar-refractivity contribution in [3.63, 3.8) is 0 Å². The number of hydrogen-bond acceptors (Lipinski definition) is 6. The number of carbonyl (C=O) groups excluding carboxylic acids is 2. The Balaban J connectivity index is 1.51. The van der Waals surface area contributed by atoms with Crippen molar-refractivity contribution in [1.29, 1.82) is 0 Å². The lowest BCUT2D eigenvalue weighted by Crippen LogP contribution is -2.36. The molecule has 1 aliphatic rings. The predicted octanol–water partition coefficient (Wildman–Crippen LogP) is 3.66. The van der Waals surface area contributed by atoms with E-state index in [1.54, 1.807) is 0 Å². The molecule has 0 fully saturated rings. The molecule has 0 saturated heterocycles. The van der Waals surface area contributed by atoms with Crippen LogP contribution in [-0.4, -0.2) is 42.1 Å². The first-order valence-corrected chi connectivity index (χ1v) is 10.3. The van der Waals surface area contributed by atoms with E-state index in [4.69, 9.17) is 0 Å². The number of hydrogen-bond donors (Lipinski definition) is 2. The summed E-state index contributed by atoms with van der Waals surface area (Å²) in [6.45, 7) is 3.92. The largest absolute Gasteiger partial charge is 0.453 e. The van der Waals surface area contributed by atoms with Crippen LogP contribution in [0.5, 0.6) is 0 Å². The highest BCUT2D eigenvalue weighted by molar-refractivity contribution is 7.15. The Kier molecular flexibility index (Phi) is 7.00. The van der Waals surface area contributed by atoms with Gasteiger partial charge in [-0.25, -0.2) is 9.78 Å². The van der Waals surface area contributed by atoms with Crippen LogP contribution in [0.15, 0.2) is 24.3 Å². The normalized spacial score (nSPS) is 13.6. The third-order valence-corrected chi connectivity index (χ3v) is 5.63. The zero-order valence-corrected chi connectivity index (χ0v) is 17.1. The summed E-state index contributed by atoms with van der Waals surface area (Å²) in [5.41, 5.74) is 3.10. The summed E-state index contributed by atoms with van der Waals surface area (Å²) < 4.78 is 4.60. The molecule has 2 N–H and O–H groups in total. The van der Waals surface area contributed by atoms with Crippen molar-refractivity contribution >= 4 is 34.2 Å². The van der Waals surface area contributed by atoms with Crippen LogP contribution >= 0.6 is 11.3 Å². The van der Waals surface area contributed by atoms with E-state index in [9.17, 15) is 9.59 Å². The second-order valence-electron chi connectivity index (χ2n) is 6.81. The van der Waals surface area contributed by atoms with E-state index < -0.39 is 6.09 Å². The zero-order valence-electron chi connectivity index (χ0n) is 16.3. The van der Waals surface area contributed by atoms with E-state index in [2.05, 4.69) is 44.3 Å². The lowest BCUT2D eigenvalue weighted by atomic mass is 10.1. The second-order valence-corrected chi connectivity index (χ2v) is 7.90. The van der Waals surface area contributed by atoms with Gasteiger partial charge in [0.2, 0.25) is 5.91 Å². The summed E-state index contributed by atoms with van der Waals surface area (Å²) in [7, 11) is 1.32. The van der Waals surface area contributed by atoms with E-state index >= 15 is 0 Å². The summed E-state index contributed by atoms with van der Waals surface area (Å²) in [5, 5.41) is 6.11. The highest BCUT2D eigenvalue weighted by Gasteiger charge is 2.23. The van der Waals surface area contributed by atoms with Gasteiger partial charge < -0.3 is 10.1 Å². The van der Waals surface area contributed by atoms with Crippen LogP contribution < -0.4 is 10.6 Å². The molecule has 8 heteroatoms. The third-order valence-electron chi connectivity index (χ3n) is 4.63. The van der Waals surface area contributed by atoms with Gasteiger partial charge >= 0.3 is 6.09 Å². The average Bonchev–Trinajstić information content (AvgIpc) is 3.08. The number of unbranched alkanes of at least 4 members (excludes halogenated alkanes) is 1. The first-order valence-electron chi connectivity index (χ1n) is 9.52. The summed E-state index contributed by atoms with van der Waals surface area (Å²) in [6.07, 6.45) is 3.66. The SMILES string of the molecule is CCCCc1ccc(NC(=O)CN2CCc3nc(NC(=O)OC)sc3C2)cc1. The smallest absolute Gasteiger partial charge is 0.413 e. The van der Waals surface area contributed by atoms with Crippen molar-refractivity contribution in [3.8, 4) is 0 Å². The van der Waals surface area contributed by atoms with Crippen LogP contribution in [-0.2, 0) is 28.9 Å². The van der Waals surface area contributed by atoms with Crippen LogP contribution in [0.25, 0.3) is 0 Å². The molecule has 2 aromatic rings. The summed E-state index contributed by atoms with van der Waals surface area (Å²) in [5.74, 6) is -0.0258. The van der Waals surface area contributed by atoms with Gasteiger partial charge in [0, 0.05) is 30.1 Å². The van der Waals surface area contributed by atoms with Crippen LogP contribution in [0, 0.1) is 0 Å². The second kappa shape index (κ2) is 9.66. The molecule has 150 valence electrons. The minimum atomic E-state index is -0.525. The number of rotatable bonds is 7. The Bertz CT molecular complexity index is 819. The monoisotopic (exact) mass is 402 g/mol. The molecule has 0 unspecified atom stereocenters. The molecule has 0 saturated carbocycles. The number of nitrogens with one attached hydrogen (secondary N) is 2. The maximum absolute atomic E-state index is 12.4. The molecule has 1 aromatic carbocycles. The minimum absolute atomic E-state index is 0.0258. The molecule has 0 radical (unpaired) electrons. The maximum Gasteiger partial charge on any atom is 0.413 e. The molecular formula is C20H26N4O3S. The van der Waals surface area contributed by atoms with Gasteiger partial charge in [-0.15, -0.1) is 0 Å².